The van der Waals surface area contributed by atoms with Crippen LogP contribution in [0.3, 0.4) is 0 Å². The molecule has 0 atom stereocenters. The van der Waals surface area contributed by atoms with Crippen LogP contribution in [-0.4, -0.2) is 23.7 Å². The first-order valence-corrected chi connectivity index (χ1v) is 15.9. The first-order chi connectivity index (χ1) is 22.8. The van der Waals surface area contributed by atoms with Crippen molar-refractivity contribution >= 4 is 60.6 Å². The highest BCUT2D eigenvalue weighted by atomic mass is 15.1. The van der Waals surface area contributed by atoms with Crippen molar-refractivity contribution in [1.29, 1.82) is 0 Å². The first-order valence-electron chi connectivity index (χ1n) is 15.9. The van der Waals surface area contributed by atoms with Crippen LogP contribution >= 0.6 is 0 Å². The standard InChI is InChI=1S/C41H31N5/c1-3-4-16-29-27(2)44(28-14-6-5-7-15-28)34-23-21-30-31-22-24-35-39(41(31)46(40(30)38(29)34)37-20-11-13-26-43-37)32-17-8-9-18-33(32)45(35)36-19-10-12-25-42-36/h4-26H,3H2,1-2H3/b16-4-. The van der Waals surface area contributed by atoms with Gasteiger partial charge in [0.15, 0.2) is 0 Å². The Kier molecular flexibility index (Phi) is 5.93. The van der Waals surface area contributed by atoms with Crippen molar-refractivity contribution in [2.75, 3.05) is 0 Å². The molecule has 4 aromatic carbocycles. The molecule has 5 heteroatoms. The van der Waals surface area contributed by atoms with Crippen molar-refractivity contribution in [1.82, 2.24) is 23.7 Å². The fourth-order valence-electron chi connectivity index (χ4n) is 7.36. The van der Waals surface area contributed by atoms with E-state index in [0.29, 0.717) is 0 Å². The lowest BCUT2D eigenvalue weighted by atomic mass is 10.0. The quantitative estimate of drug-likeness (QED) is 0.199. The zero-order chi connectivity index (χ0) is 30.8. The van der Waals surface area contributed by atoms with E-state index in [2.05, 4.69) is 137 Å². The van der Waals surface area contributed by atoms with Crippen molar-refractivity contribution in [3.8, 4) is 17.3 Å². The summed E-state index contributed by atoms with van der Waals surface area (Å²) in [6, 6.07) is 40.8. The molecule has 0 saturated carbocycles. The third-order valence-electron chi connectivity index (χ3n) is 9.23. The number of aromatic nitrogens is 5. The van der Waals surface area contributed by atoms with Gasteiger partial charge < -0.3 is 4.57 Å². The smallest absolute Gasteiger partial charge is 0.137 e. The predicted octanol–water partition coefficient (Wildman–Crippen LogP) is 10.3. The Labute approximate surface area is 266 Å². The number of allylic oxidation sites excluding steroid dienone is 1. The molecule has 0 aliphatic rings. The maximum Gasteiger partial charge on any atom is 0.137 e. The molecule has 0 saturated heterocycles. The SMILES string of the molecule is CC/C=C\c1c(C)n(-c2ccccc2)c2ccc3c4ccc5c(c6ccccc6n5-c5ccccn5)c4n(-c4ccccn4)c3c12. The minimum atomic E-state index is 0.896. The molecular weight excluding hydrogens is 562 g/mol. The summed E-state index contributed by atoms with van der Waals surface area (Å²) in [6.07, 6.45) is 9.29. The van der Waals surface area contributed by atoms with Gasteiger partial charge in [0, 0.05) is 56.3 Å². The third-order valence-corrected chi connectivity index (χ3v) is 9.23. The van der Waals surface area contributed by atoms with Crippen molar-refractivity contribution in [3.63, 3.8) is 0 Å². The predicted molar refractivity (Wildman–Crippen MR) is 192 cm³/mol. The highest BCUT2D eigenvalue weighted by Crippen LogP contribution is 2.45. The average Bonchev–Trinajstić information content (AvgIpc) is 3.73. The Balaban J connectivity index is 1.55. The van der Waals surface area contributed by atoms with E-state index < -0.39 is 0 Å². The summed E-state index contributed by atoms with van der Waals surface area (Å²) in [5.41, 5.74) is 9.35. The summed E-state index contributed by atoms with van der Waals surface area (Å²) in [4.78, 5) is 9.76. The van der Waals surface area contributed by atoms with Crippen molar-refractivity contribution in [2.45, 2.75) is 20.3 Å². The summed E-state index contributed by atoms with van der Waals surface area (Å²) >= 11 is 0. The molecule has 9 rings (SSSR count). The van der Waals surface area contributed by atoms with E-state index in [0.717, 1.165) is 40.3 Å². The van der Waals surface area contributed by atoms with Crippen molar-refractivity contribution in [2.24, 2.45) is 0 Å². The number of fused-ring (bicyclic) bond motifs is 9. The summed E-state index contributed by atoms with van der Waals surface area (Å²) < 4.78 is 7.08. The molecule has 0 spiro atoms. The molecule has 5 aromatic heterocycles. The van der Waals surface area contributed by atoms with E-state index in [4.69, 9.17) is 9.97 Å². The monoisotopic (exact) mass is 593 g/mol. The Morgan fingerprint density at radius 1 is 0.543 bits per heavy atom. The lowest BCUT2D eigenvalue weighted by Gasteiger charge is -2.10. The molecule has 0 radical (unpaired) electrons. The molecule has 0 unspecified atom stereocenters. The molecule has 0 aliphatic carbocycles. The van der Waals surface area contributed by atoms with Gasteiger partial charge in [-0.15, -0.1) is 0 Å². The second-order valence-electron chi connectivity index (χ2n) is 11.8. The Morgan fingerprint density at radius 3 is 1.83 bits per heavy atom. The van der Waals surface area contributed by atoms with Crippen LogP contribution in [0.4, 0.5) is 0 Å². The lowest BCUT2D eigenvalue weighted by molar-refractivity contribution is 1.05. The van der Waals surface area contributed by atoms with Gasteiger partial charge in [0.1, 0.15) is 11.6 Å². The van der Waals surface area contributed by atoms with E-state index in [1.165, 1.54) is 49.2 Å². The average molecular weight is 594 g/mol. The highest BCUT2D eigenvalue weighted by molar-refractivity contribution is 6.29. The molecule has 5 heterocycles. The Hall–Kier alpha value is -5.94. The third kappa shape index (κ3) is 3.69. The number of hydrogen-bond donors (Lipinski definition) is 0. The van der Waals surface area contributed by atoms with E-state index in [1.54, 1.807) is 0 Å². The van der Waals surface area contributed by atoms with Crippen molar-refractivity contribution in [3.05, 3.63) is 145 Å². The van der Waals surface area contributed by atoms with Gasteiger partial charge in [-0.3, -0.25) is 9.13 Å². The molecule has 46 heavy (non-hydrogen) atoms. The van der Waals surface area contributed by atoms with Gasteiger partial charge in [-0.2, -0.15) is 0 Å². The lowest BCUT2D eigenvalue weighted by Crippen LogP contribution is -1.98. The van der Waals surface area contributed by atoms with Gasteiger partial charge in [0.25, 0.3) is 0 Å². The fourth-order valence-corrected chi connectivity index (χ4v) is 7.36. The van der Waals surface area contributed by atoms with Gasteiger partial charge in [-0.05, 0) is 67.9 Å². The molecule has 0 bridgehead atoms. The number of rotatable bonds is 5. The molecule has 9 aromatic rings. The number of hydrogen-bond acceptors (Lipinski definition) is 2. The number of nitrogens with zero attached hydrogens (tertiary/aromatic N) is 5. The van der Waals surface area contributed by atoms with Crippen LogP contribution in [0, 0.1) is 6.92 Å². The van der Waals surface area contributed by atoms with Crippen LogP contribution in [0.1, 0.15) is 24.6 Å². The summed E-state index contributed by atoms with van der Waals surface area (Å²) in [5.74, 6) is 1.80. The van der Waals surface area contributed by atoms with E-state index in [9.17, 15) is 0 Å². The minimum absolute atomic E-state index is 0.896. The largest absolute Gasteiger partial charge is 0.313 e. The van der Waals surface area contributed by atoms with Crippen molar-refractivity contribution < 1.29 is 0 Å². The van der Waals surface area contributed by atoms with Gasteiger partial charge in [0.2, 0.25) is 0 Å². The summed E-state index contributed by atoms with van der Waals surface area (Å²) in [5, 5.41) is 6.02. The Morgan fingerprint density at radius 2 is 1.15 bits per heavy atom. The maximum atomic E-state index is 4.98. The van der Waals surface area contributed by atoms with Gasteiger partial charge in [-0.1, -0.05) is 79.7 Å². The van der Waals surface area contributed by atoms with Gasteiger partial charge in [-0.25, -0.2) is 9.97 Å². The van der Waals surface area contributed by atoms with Crippen LogP contribution in [0.25, 0.3) is 77.9 Å². The number of para-hydroxylation sites is 2. The Bertz CT molecular complexity index is 2600. The zero-order valence-electron chi connectivity index (χ0n) is 25.7. The molecule has 0 fully saturated rings. The number of benzene rings is 4. The van der Waals surface area contributed by atoms with E-state index in [1.807, 2.05) is 30.6 Å². The van der Waals surface area contributed by atoms with E-state index >= 15 is 0 Å². The molecule has 220 valence electrons. The first kappa shape index (κ1) is 26.5. The molecule has 0 N–H and O–H groups in total. The maximum absolute atomic E-state index is 4.98. The van der Waals surface area contributed by atoms with Crippen LogP contribution in [0.15, 0.2) is 134 Å². The number of pyridine rings is 2. The summed E-state index contributed by atoms with van der Waals surface area (Å²) in [6.45, 7) is 4.43. The molecular formula is C41H31N5. The fraction of sp³-hybridized carbons (Fsp3) is 0.0732. The minimum Gasteiger partial charge on any atom is -0.313 e. The van der Waals surface area contributed by atoms with Crippen LogP contribution < -0.4 is 0 Å². The van der Waals surface area contributed by atoms with Crippen LogP contribution in [0.2, 0.25) is 0 Å². The van der Waals surface area contributed by atoms with Gasteiger partial charge in [0.05, 0.1) is 27.6 Å². The van der Waals surface area contributed by atoms with Gasteiger partial charge >= 0.3 is 0 Å². The van der Waals surface area contributed by atoms with Crippen LogP contribution in [-0.2, 0) is 0 Å². The summed E-state index contributed by atoms with van der Waals surface area (Å²) in [7, 11) is 0. The topological polar surface area (TPSA) is 40.6 Å². The molecule has 0 aliphatic heterocycles. The molecule has 0 amide bonds. The van der Waals surface area contributed by atoms with E-state index in [-0.39, 0.29) is 0 Å². The second-order valence-corrected chi connectivity index (χ2v) is 11.8. The zero-order valence-corrected chi connectivity index (χ0v) is 25.7. The normalized spacial score (nSPS) is 12.1. The second kappa shape index (κ2) is 10.3. The van der Waals surface area contributed by atoms with Crippen LogP contribution in [0.5, 0.6) is 0 Å². The highest BCUT2D eigenvalue weighted by Gasteiger charge is 2.25. The molecule has 5 nitrogen and oxygen atoms in total.